The highest BCUT2D eigenvalue weighted by atomic mass is 16.4. The molecular weight excluding hydrogens is 240 g/mol. The SMILES string of the molecule is CC(C)(Cc1ccc2c(c1)C(=O)CCCC2)C(=O)O. The predicted octanol–water partition coefficient (Wildman–Crippen LogP) is 3.25. The van der Waals surface area contributed by atoms with Gasteiger partial charge in [0.15, 0.2) is 5.78 Å². The van der Waals surface area contributed by atoms with Crippen LogP contribution in [0.2, 0.25) is 0 Å². The molecule has 0 aromatic heterocycles. The van der Waals surface area contributed by atoms with Crippen molar-refractivity contribution < 1.29 is 14.7 Å². The summed E-state index contributed by atoms with van der Waals surface area (Å²) in [4.78, 5) is 23.2. The Bertz CT molecular complexity index is 515. The number of rotatable bonds is 3. The molecule has 0 heterocycles. The molecule has 0 aliphatic heterocycles. The number of hydrogen-bond acceptors (Lipinski definition) is 2. The molecule has 102 valence electrons. The van der Waals surface area contributed by atoms with Crippen LogP contribution in [0.15, 0.2) is 18.2 Å². The van der Waals surface area contributed by atoms with Gasteiger partial charge >= 0.3 is 5.97 Å². The molecule has 2 rings (SSSR count). The number of carboxylic acid groups (broad SMARTS) is 1. The van der Waals surface area contributed by atoms with Crippen LogP contribution in [0.25, 0.3) is 0 Å². The normalized spacial score (nSPS) is 15.8. The van der Waals surface area contributed by atoms with Gasteiger partial charge in [0, 0.05) is 12.0 Å². The summed E-state index contributed by atoms with van der Waals surface area (Å²) < 4.78 is 0. The molecule has 0 bridgehead atoms. The van der Waals surface area contributed by atoms with Crippen LogP contribution in [-0.4, -0.2) is 16.9 Å². The summed E-state index contributed by atoms with van der Waals surface area (Å²) in [7, 11) is 0. The second kappa shape index (κ2) is 5.16. The monoisotopic (exact) mass is 260 g/mol. The second-order valence-electron chi connectivity index (χ2n) is 5.99. The maximum atomic E-state index is 12.0. The summed E-state index contributed by atoms with van der Waals surface area (Å²) in [5.41, 5.74) is 2.04. The summed E-state index contributed by atoms with van der Waals surface area (Å²) in [6, 6.07) is 5.85. The Hall–Kier alpha value is -1.64. The second-order valence-corrected chi connectivity index (χ2v) is 5.99. The molecule has 3 nitrogen and oxygen atoms in total. The highest BCUT2D eigenvalue weighted by Gasteiger charge is 2.28. The molecule has 0 radical (unpaired) electrons. The van der Waals surface area contributed by atoms with E-state index in [0.29, 0.717) is 12.8 Å². The van der Waals surface area contributed by atoms with Crippen LogP contribution in [0.5, 0.6) is 0 Å². The number of hydrogen-bond donors (Lipinski definition) is 1. The van der Waals surface area contributed by atoms with Gasteiger partial charge in [0.2, 0.25) is 0 Å². The van der Waals surface area contributed by atoms with E-state index in [2.05, 4.69) is 0 Å². The van der Waals surface area contributed by atoms with Crippen molar-refractivity contribution in [1.29, 1.82) is 0 Å². The van der Waals surface area contributed by atoms with Crippen molar-refractivity contribution in [2.75, 3.05) is 0 Å². The Labute approximate surface area is 113 Å². The molecule has 3 heteroatoms. The molecule has 0 amide bonds. The van der Waals surface area contributed by atoms with Crippen molar-refractivity contribution >= 4 is 11.8 Å². The van der Waals surface area contributed by atoms with E-state index < -0.39 is 11.4 Å². The number of aryl methyl sites for hydroxylation is 1. The van der Waals surface area contributed by atoms with Gasteiger partial charge in [-0.3, -0.25) is 9.59 Å². The van der Waals surface area contributed by atoms with Gasteiger partial charge < -0.3 is 5.11 Å². The Morgan fingerprint density at radius 3 is 2.63 bits per heavy atom. The maximum absolute atomic E-state index is 12.0. The van der Waals surface area contributed by atoms with Gasteiger partial charge in [0.25, 0.3) is 0 Å². The lowest BCUT2D eigenvalue weighted by atomic mass is 9.84. The minimum absolute atomic E-state index is 0.197. The fraction of sp³-hybridized carbons (Fsp3) is 0.500. The van der Waals surface area contributed by atoms with Crippen LogP contribution < -0.4 is 0 Å². The number of ketones is 1. The highest BCUT2D eigenvalue weighted by Crippen LogP contribution is 2.26. The van der Waals surface area contributed by atoms with Crippen LogP contribution in [0.3, 0.4) is 0 Å². The number of carbonyl (C=O) groups excluding carboxylic acids is 1. The van der Waals surface area contributed by atoms with Gasteiger partial charge in [0.1, 0.15) is 0 Å². The number of benzene rings is 1. The molecule has 0 unspecified atom stereocenters. The summed E-state index contributed by atoms with van der Waals surface area (Å²) in [5, 5.41) is 9.17. The van der Waals surface area contributed by atoms with Crippen molar-refractivity contribution in [3.05, 3.63) is 34.9 Å². The highest BCUT2D eigenvalue weighted by molar-refractivity contribution is 5.98. The average molecular weight is 260 g/mol. The molecule has 0 atom stereocenters. The number of Topliss-reactive ketones (excluding diaryl/α,β-unsaturated/α-hetero) is 1. The van der Waals surface area contributed by atoms with Crippen molar-refractivity contribution in [3.63, 3.8) is 0 Å². The van der Waals surface area contributed by atoms with Crippen LogP contribution in [-0.2, 0) is 17.6 Å². The first-order valence-electron chi connectivity index (χ1n) is 6.78. The molecule has 19 heavy (non-hydrogen) atoms. The number of carbonyl (C=O) groups is 2. The van der Waals surface area contributed by atoms with Gasteiger partial charge in [-0.15, -0.1) is 0 Å². The van der Waals surface area contributed by atoms with Gasteiger partial charge in [-0.25, -0.2) is 0 Å². The first kappa shape index (κ1) is 13.8. The van der Waals surface area contributed by atoms with Crippen LogP contribution in [0.4, 0.5) is 0 Å². The van der Waals surface area contributed by atoms with E-state index in [9.17, 15) is 14.7 Å². The summed E-state index contributed by atoms with van der Waals surface area (Å²) in [6.07, 6.45) is 4.01. The summed E-state index contributed by atoms with van der Waals surface area (Å²) >= 11 is 0. The van der Waals surface area contributed by atoms with Crippen molar-refractivity contribution in [2.45, 2.75) is 46.0 Å². The molecule has 0 saturated carbocycles. The van der Waals surface area contributed by atoms with E-state index in [4.69, 9.17) is 0 Å². The third-order valence-corrected chi connectivity index (χ3v) is 3.80. The number of fused-ring (bicyclic) bond motifs is 1. The van der Waals surface area contributed by atoms with E-state index in [1.807, 2.05) is 18.2 Å². The van der Waals surface area contributed by atoms with Crippen molar-refractivity contribution in [1.82, 2.24) is 0 Å². The fourth-order valence-corrected chi connectivity index (χ4v) is 2.53. The Morgan fingerprint density at radius 1 is 1.26 bits per heavy atom. The fourth-order valence-electron chi connectivity index (χ4n) is 2.53. The first-order valence-corrected chi connectivity index (χ1v) is 6.78. The smallest absolute Gasteiger partial charge is 0.309 e. The molecule has 0 fully saturated rings. The molecule has 0 saturated heterocycles. The molecular formula is C16H20O3. The molecule has 1 aromatic rings. The lowest BCUT2D eigenvalue weighted by Crippen LogP contribution is -2.26. The van der Waals surface area contributed by atoms with Crippen LogP contribution in [0, 0.1) is 5.41 Å². The topological polar surface area (TPSA) is 54.4 Å². The Kier molecular flexibility index (Phi) is 3.74. The van der Waals surface area contributed by atoms with E-state index in [-0.39, 0.29) is 5.78 Å². The predicted molar refractivity (Wildman–Crippen MR) is 73.4 cm³/mol. The minimum atomic E-state index is -0.811. The zero-order chi connectivity index (χ0) is 14.0. The lowest BCUT2D eigenvalue weighted by molar-refractivity contribution is -0.146. The molecule has 0 spiro atoms. The molecule has 1 aliphatic rings. The number of aliphatic carboxylic acids is 1. The maximum Gasteiger partial charge on any atom is 0.309 e. The average Bonchev–Trinajstić information content (AvgIpc) is 2.51. The number of carboxylic acids is 1. The minimum Gasteiger partial charge on any atom is -0.481 e. The third-order valence-electron chi connectivity index (χ3n) is 3.80. The Morgan fingerprint density at radius 2 is 1.95 bits per heavy atom. The van der Waals surface area contributed by atoms with Crippen LogP contribution >= 0.6 is 0 Å². The van der Waals surface area contributed by atoms with Gasteiger partial charge in [-0.1, -0.05) is 12.1 Å². The Balaban J connectivity index is 2.30. The van der Waals surface area contributed by atoms with E-state index in [0.717, 1.165) is 36.0 Å². The molecule has 1 aliphatic carbocycles. The lowest BCUT2D eigenvalue weighted by Gasteiger charge is -2.19. The van der Waals surface area contributed by atoms with Crippen molar-refractivity contribution in [3.8, 4) is 0 Å². The third kappa shape index (κ3) is 3.03. The van der Waals surface area contributed by atoms with Crippen LogP contribution in [0.1, 0.15) is 54.6 Å². The standard InChI is InChI=1S/C16H20O3/c1-16(2,15(18)19)10-11-7-8-12-5-3-4-6-14(17)13(12)9-11/h7-9H,3-6,10H2,1-2H3,(H,18,19). The first-order chi connectivity index (χ1) is 8.90. The van der Waals surface area contributed by atoms with Gasteiger partial charge in [-0.05, 0) is 56.7 Å². The summed E-state index contributed by atoms with van der Waals surface area (Å²) in [6.45, 7) is 3.42. The molecule has 1 aromatic carbocycles. The van der Waals surface area contributed by atoms with Gasteiger partial charge in [0.05, 0.1) is 5.41 Å². The molecule has 1 N–H and O–H groups in total. The summed E-state index contributed by atoms with van der Waals surface area (Å²) in [5.74, 6) is -0.615. The largest absolute Gasteiger partial charge is 0.481 e. The van der Waals surface area contributed by atoms with E-state index in [1.165, 1.54) is 0 Å². The van der Waals surface area contributed by atoms with Crippen molar-refractivity contribution in [2.24, 2.45) is 5.41 Å². The van der Waals surface area contributed by atoms with E-state index >= 15 is 0 Å². The quantitative estimate of drug-likeness (QED) is 0.849. The zero-order valence-corrected chi connectivity index (χ0v) is 11.5. The van der Waals surface area contributed by atoms with Gasteiger partial charge in [-0.2, -0.15) is 0 Å². The zero-order valence-electron chi connectivity index (χ0n) is 11.5. The van der Waals surface area contributed by atoms with E-state index in [1.54, 1.807) is 13.8 Å².